The van der Waals surface area contributed by atoms with E-state index in [2.05, 4.69) is 21.9 Å². The minimum absolute atomic E-state index is 0.0411. The van der Waals surface area contributed by atoms with Crippen LogP contribution < -0.4 is 15.3 Å². The predicted octanol–water partition coefficient (Wildman–Crippen LogP) is 4.61. The summed E-state index contributed by atoms with van der Waals surface area (Å²) < 4.78 is 51.2. The molecule has 0 radical (unpaired) electrons. The summed E-state index contributed by atoms with van der Waals surface area (Å²) in [6.45, 7) is 4.05. The standard InChI is InChI=1S/C27H25ClF3N5O4/c1-13-3-4-14(2)35(12-13)25-15-11-18(31)21(20-16(29)5-6-17(30)23(20)38)33-26(15)36(27(39)34-25)22-19(40-10-9-37)7-8-32-24(22)28/h5-8,11,13-14,37-38H,3-4,9-10,12H2,1-2H3/t13-,14-/m0/s1. The van der Waals surface area contributed by atoms with Gasteiger partial charge < -0.3 is 19.8 Å². The highest BCUT2D eigenvalue weighted by molar-refractivity contribution is 6.31. The lowest BCUT2D eigenvalue weighted by atomic mass is 9.95. The van der Waals surface area contributed by atoms with E-state index in [0.717, 1.165) is 29.5 Å². The van der Waals surface area contributed by atoms with E-state index in [4.69, 9.17) is 16.3 Å². The molecule has 13 heteroatoms. The van der Waals surface area contributed by atoms with E-state index in [1.54, 1.807) is 0 Å². The normalized spacial score (nSPS) is 17.4. The molecule has 1 fully saturated rings. The molecule has 9 nitrogen and oxygen atoms in total. The van der Waals surface area contributed by atoms with Crippen molar-refractivity contribution in [3.8, 4) is 28.4 Å². The van der Waals surface area contributed by atoms with Gasteiger partial charge in [0.2, 0.25) is 0 Å². The molecule has 0 amide bonds. The number of hydrogen-bond donors (Lipinski definition) is 2. The van der Waals surface area contributed by atoms with Gasteiger partial charge in [-0.15, -0.1) is 0 Å². The minimum Gasteiger partial charge on any atom is -0.504 e. The van der Waals surface area contributed by atoms with Gasteiger partial charge in [-0.25, -0.2) is 32.5 Å². The Labute approximate surface area is 231 Å². The number of phenols is 1. The van der Waals surface area contributed by atoms with Crippen molar-refractivity contribution < 1.29 is 28.1 Å². The van der Waals surface area contributed by atoms with Gasteiger partial charge in [-0.2, -0.15) is 4.98 Å². The quantitative estimate of drug-likeness (QED) is 0.320. The van der Waals surface area contributed by atoms with E-state index >= 15 is 4.39 Å². The van der Waals surface area contributed by atoms with E-state index in [1.807, 2.05) is 11.8 Å². The minimum atomic E-state index is -1.18. The Morgan fingerprint density at radius 1 is 1.10 bits per heavy atom. The van der Waals surface area contributed by atoms with Crippen LogP contribution in [-0.2, 0) is 0 Å². The average Bonchev–Trinajstić information content (AvgIpc) is 2.92. The molecule has 4 heterocycles. The number of ether oxygens (including phenoxy) is 1. The number of nitrogens with zero attached hydrogens (tertiary/aromatic N) is 5. The largest absolute Gasteiger partial charge is 0.504 e. The van der Waals surface area contributed by atoms with E-state index < -0.39 is 40.1 Å². The van der Waals surface area contributed by atoms with Crippen LogP contribution in [0.5, 0.6) is 11.5 Å². The fourth-order valence-electron chi connectivity index (χ4n) is 4.94. The lowest BCUT2D eigenvalue weighted by molar-refractivity contribution is 0.201. The fraction of sp³-hybridized carbons (Fsp3) is 0.333. The van der Waals surface area contributed by atoms with E-state index in [1.165, 1.54) is 12.3 Å². The Morgan fingerprint density at radius 3 is 2.60 bits per heavy atom. The highest BCUT2D eigenvalue weighted by Crippen LogP contribution is 2.39. The number of aromatic hydroxyl groups is 1. The number of rotatable bonds is 6. The maximum atomic E-state index is 15.7. The van der Waals surface area contributed by atoms with Crippen LogP contribution in [0.15, 0.2) is 35.3 Å². The van der Waals surface area contributed by atoms with Crippen molar-refractivity contribution in [3.05, 3.63) is 63.6 Å². The number of anilines is 1. The van der Waals surface area contributed by atoms with Crippen molar-refractivity contribution in [2.45, 2.75) is 32.7 Å². The third-order valence-electron chi connectivity index (χ3n) is 6.92. The molecule has 3 aromatic heterocycles. The Morgan fingerprint density at radius 2 is 1.85 bits per heavy atom. The Kier molecular flexibility index (Phi) is 7.56. The highest BCUT2D eigenvalue weighted by Gasteiger charge is 2.30. The smallest absolute Gasteiger partial charge is 0.356 e. The molecule has 2 atom stereocenters. The van der Waals surface area contributed by atoms with Gasteiger partial charge in [0.1, 0.15) is 35.4 Å². The van der Waals surface area contributed by atoms with Crippen LogP contribution in [0, 0.1) is 23.4 Å². The molecule has 0 unspecified atom stereocenters. The number of aliphatic hydroxyl groups excluding tert-OH is 1. The molecule has 4 aromatic rings. The number of fused-ring (bicyclic) bond motifs is 1. The fourth-order valence-corrected chi connectivity index (χ4v) is 5.17. The van der Waals surface area contributed by atoms with Crippen molar-refractivity contribution in [1.29, 1.82) is 0 Å². The van der Waals surface area contributed by atoms with Gasteiger partial charge in [-0.1, -0.05) is 18.5 Å². The number of halogens is 4. The summed E-state index contributed by atoms with van der Waals surface area (Å²) >= 11 is 6.40. The van der Waals surface area contributed by atoms with Crippen LogP contribution in [0.4, 0.5) is 19.0 Å². The molecule has 0 saturated carbocycles. The number of aliphatic hydroxyl groups is 1. The molecule has 40 heavy (non-hydrogen) atoms. The second-order valence-corrected chi connectivity index (χ2v) is 10.1. The zero-order valence-electron chi connectivity index (χ0n) is 21.5. The lowest BCUT2D eigenvalue weighted by Crippen LogP contribution is -2.43. The van der Waals surface area contributed by atoms with Crippen LogP contribution >= 0.6 is 11.6 Å². The summed E-state index contributed by atoms with van der Waals surface area (Å²) in [4.78, 5) is 28.2. The molecular weight excluding hydrogens is 551 g/mol. The Bertz CT molecular complexity index is 1670. The zero-order chi connectivity index (χ0) is 28.7. The van der Waals surface area contributed by atoms with Gasteiger partial charge in [0.15, 0.2) is 28.2 Å². The van der Waals surface area contributed by atoms with Crippen molar-refractivity contribution >= 4 is 28.5 Å². The van der Waals surface area contributed by atoms with Gasteiger partial charge in [-0.05, 0) is 43.9 Å². The SMILES string of the molecule is C[C@H]1CC[C@H](C)N(c2nc(=O)n(-c3c(OCCO)ccnc3Cl)c3nc(-c4c(F)ccc(F)c4O)c(F)cc23)C1. The summed E-state index contributed by atoms with van der Waals surface area (Å²) in [5, 5.41) is 19.5. The van der Waals surface area contributed by atoms with Gasteiger partial charge in [0.25, 0.3) is 0 Å². The third kappa shape index (κ3) is 4.81. The number of piperidine rings is 1. The molecule has 210 valence electrons. The molecule has 1 aromatic carbocycles. The van der Waals surface area contributed by atoms with Gasteiger partial charge in [0.05, 0.1) is 17.6 Å². The summed E-state index contributed by atoms with van der Waals surface area (Å²) in [5.41, 5.74) is -2.72. The molecule has 0 aliphatic carbocycles. The monoisotopic (exact) mass is 575 g/mol. The number of benzene rings is 1. The van der Waals surface area contributed by atoms with Gasteiger partial charge in [0, 0.05) is 24.8 Å². The van der Waals surface area contributed by atoms with Crippen LogP contribution in [0.1, 0.15) is 26.7 Å². The first-order valence-corrected chi connectivity index (χ1v) is 13.0. The average molecular weight is 576 g/mol. The maximum absolute atomic E-state index is 15.7. The van der Waals surface area contributed by atoms with E-state index in [9.17, 15) is 23.8 Å². The maximum Gasteiger partial charge on any atom is 0.356 e. The van der Waals surface area contributed by atoms with Crippen molar-refractivity contribution in [2.75, 3.05) is 24.7 Å². The van der Waals surface area contributed by atoms with Crippen molar-refractivity contribution in [3.63, 3.8) is 0 Å². The molecule has 1 aliphatic rings. The van der Waals surface area contributed by atoms with Crippen LogP contribution in [-0.4, -0.2) is 55.5 Å². The number of phenolic OH excluding ortho intramolecular Hbond substituents is 1. The third-order valence-corrected chi connectivity index (χ3v) is 7.20. The second kappa shape index (κ2) is 10.9. The Hall–Kier alpha value is -3.90. The first-order valence-electron chi connectivity index (χ1n) is 12.6. The van der Waals surface area contributed by atoms with Crippen molar-refractivity contribution in [2.24, 2.45) is 5.92 Å². The summed E-state index contributed by atoms with van der Waals surface area (Å²) in [5.74, 6) is -4.06. The van der Waals surface area contributed by atoms with Gasteiger partial charge >= 0.3 is 5.69 Å². The van der Waals surface area contributed by atoms with Crippen molar-refractivity contribution in [1.82, 2.24) is 19.5 Å². The van der Waals surface area contributed by atoms with E-state index in [-0.39, 0.29) is 58.6 Å². The lowest BCUT2D eigenvalue weighted by Gasteiger charge is -2.38. The molecule has 1 aliphatic heterocycles. The summed E-state index contributed by atoms with van der Waals surface area (Å²) in [6, 6.07) is 3.81. The molecule has 5 rings (SSSR count). The van der Waals surface area contributed by atoms with Crippen LogP contribution in [0.25, 0.3) is 28.0 Å². The molecule has 1 saturated heterocycles. The second-order valence-electron chi connectivity index (χ2n) is 9.70. The first kappa shape index (κ1) is 27.7. The Balaban J connectivity index is 1.89. The van der Waals surface area contributed by atoms with Gasteiger partial charge in [-0.3, -0.25) is 0 Å². The zero-order valence-corrected chi connectivity index (χ0v) is 22.3. The highest BCUT2D eigenvalue weighted by atomic mass is 35.5. The number of pyridine rings is 2. The molecule has 2 N–H and O–H groups in total. The topological polar surface area (TPSA) is 114 Å². The number of aromatic nitrogens is 4. The number of hydrogen-bond acceptors (Lipinski definition) is 8. The van der Waals surface area contributed by atoms with E-state index in [0.29, 0.717) is 12.6 Å². The van der Waals surface area contributed by atoms with Crippen LogP contribution in [0.2, 0.25) is 5.15 Å². The summed E-state index contributed by atoms with van der Waals surface area (Å²) in [7, 11) is 0. The predicted molar refractivity (Wildman–Crippen MR) is 143 cm³/mol. The summed E-state index contributed by atoms with van der Waals surface area (Å²) in [6.07, 6.45) is 3.08. The molecular formula is C27H25ClF3N5O4. The molecule has 0 bridgehead atoms. The molecule has 0 spiro atoms. The van der Waals surface area contributed by atoms with Crippen LogP contribution in [0.3, 0.4) is 0 Å². The first-order chi connectivity index (χ1) is 19.1.